The molecule has 0 saturated heterocycles. The van der Waals surface area contributed by atoms with Crippen LogP contribution in [-0.2, 0) is 0 Å². The minimum Gasteiger partial charge on any atom is -0.120 e. The zero-order chi connectivity index (χ0) is 12.6. The quantitative estimate of drug-likeness (QED) is 0.572. The van der Waals surface area contributed by atoms with Gasteiger partial charge in [-0.15, -0.1) is 30.1 Å². The number of hydrogen-bond donors (Lipinski definition) is 0. The molecule has 0 spiro atoms. The van der Waals surface area contributed by atoms with Crippen molar-refractivity contribution in [3.63, 3.8) is 0 Å². The van der Waals surface area contributed by atoms with Crippen molar-refractivity contribution >= 4 is 0 Å². The third kappa shape index (κ3) is 14.4. The van der Waals surface area contributed by atoms with Gasteiger partial charge in [0.2, 0.25) is 0 Å². The molecule has 0 heteroatoms. The fraction of sp³-hybridized carbons (Fsp3) is 0.250. The maximum atomic E-state index is 4.60. The molecular formula is C16H18. The van der Waals surface area contributed by atoms with Crippen LogP contribution in [-0.4, -0.2) is 0 Å². The molecule has 0 nitrogen and oxygen atoms in total. The van der Waals surface area contributed by atoms with Gasteiger partial charge in [-0.05, 0) is 39.8 Å². The van der Waals surface area contributed by atoms with E-state index in [1.807, 2.05) is 51.1 Å². The van der Waals surface area contributed by atoms with Gasteiger partial charge < -0.3 is 0 Å². The van der Waals surface area contributed by atoms with Crippen LogP contribution in [0.2, 0.25) is 0 Å². The van der Waals surface area contributed by atoms with Crippen LogP contribution in [0.4, 0.5) is 0 Å². The fourth-order valence-corrected chi connectivity index (χ4v) is 0.666. The first kappa shape index (κ1) is 16.3. The summed E-state index contributed by atoms with van der Waals surface area (Å²) in [6.45, 7) is 7.13. The molecule has 0 bridgehead atoms. The summed E-state index contributed by atoms with van der Waals surface area (Å²) >= 11 is 0. The van der Waals surface area contributed by atoms with E-state index in [9.17, 15) is 0 Å². The van der Waals surface area contributed by atoms with Gasteiger partial charge >= 0.3 is 0 Å². The van der Waals surface area contributed by atoms with E-state index in [4.69, 9.17) is 0 Å². The Bertz CT molecular complexity index is 391. The first-order chi connectivity index (χ1) is 7.76. The average Bonchev–Trinajstić information content (AvgIpc) is 2.32. The number of benzene rings is 1. The summed E-state index contributed by atoms with van der Waals surface area (Å²) in [5, 5.41) is 0. The lowest BCUT2D eigenvalue weighted by Crippen LogP contribution is -1.67. The molecule has 0 N–H and O–H groups in total. The molecule has 0 atom stereocenters. The van der Waals surface area contributed by atoms with Gasteiger partial charge in [-0.3, -0.25) is 0 Å². The highest BCUT2D eigenvalue weighted by molar-refractivity contribution is 5.32. The molecule has 0 aliphatic heterocycles. The van der Waals surface area contributed by atoms with Gasteiger partial charge in [-0.25, -0.2) is 0 Å². The SMILES string of the molecule is C#CC.CC#CC.CC#Cc1ccccc1. The minimum absolute atomic E-state index is 1.08. The zero-order valence-corrected chi connectivity index (χ0v) is 10.5. The van der Waals surface area contributed by atoms with E-state index < -0.39 is 0 Å². The van der Waals surface area contributed by atoms with Crippen molar-refractivity contribution in [3.05, 3.63) is 35.9 Å². The standard InChI is InChI=1S/C9H8.C4H6.C3H4/c1-2-6-9-7-4-3-5-8-9;1-3-4-2;1-3-2/h3-5,7-8H,1H3;1-2H3;1H,2H3. The van der Waals surface area contributed by atoms with Crippen LogP contribution in [0.5, 0.6) is 0 Å². The predicted octanol–water partition coefficient (Wildman–Crippen LogP) is 3.73. The first-order valence-electron chi connectivity index (χ1n) is 4.95. The van der Waals surface area contributed by atoms with Crippen LogP contribution in [0, 0.1) is 36.0 Å². The first-order valence-corrected chi connectivity index (χ1v) is 4.95. The monoisotopic (exact) mass is 210 g/mol. The molecule has 16 heavy (non-hydrogen) atoms. The molecule has 1 aromatic carbocycles. The topological polar surface area (TPSA) is 0 Å². The Morgan fingerprint density at radius 2 is 1.25 bits per heavy atom. The normalized spacial score (nSPS) is 5.69. The van der Waals surface area contributed by atoms with Crippen molar-refractivity contribution in [2.24, 2.45) is 0 Å². The molecule has 0 amide bonds. The Labute approximate surface area is 100 Å². The van der Waals surface area contributed by atoms with E-state index in [0.717, 1.165) is 5.56 Å². The van der Waals surface area contributed by atoms with Crippen LogP contribution in [0.25, 0.3) is 0 Å². The highest BCUT2D eigenvalue weighted by atomic mass is 13.8. The second kappa shape index (κ2) is 15.4. The molecular weight excluding hydrogens is 192 g/mol. The van der Waals surface area contributed by atoms with Gasteiger partial charge in [0.05, 0.1) is 0 Å². The summed E-state index contributed by atoms with van der Waals surface area (Å²) < 4.78 is 0. The second-order valence-corrected chi connectivity index (χ2v) is 2.53. The molecule has 0 saturated carbocycles. The molecule has 0 unspecified atom stereocenters. The van der Waals surface area contributed by atoms with Crippen LogP contribution in [0.15, 0.2) is 30.3 Å². The van der Waals surface area contributed by atoms with E-state index in [1.165, 1.54) is 0 Å². The molecule has 0 fully saturated rings. The van der Waals surface area contributed by atoms with Crippen molar-refractivity contribution in [1.82, 2.24) is 0 Å². The van der Waals surface area contributed by atoms with Gasteiger partial charge in [-0.2, -0.15) is 0 Å². The predicted molar refractivity (Wildman–Crippen MR) is 72.6 cm³/mol. The van der Waals surface area contributed by atoms with E-state index in [1.54, 1.807) is 6.92 Å². The van der Waals surface area contributed by atoms with Crippen molar-refractivity contribution in [2.45, 2.75) is 27.7 Å². The maximum Gasteiger partial charge on any atom is 0.0245 e. The van der Waals surface area contributed by atoms with Gasteiger partial charge in [0.25, 0.3) is 0 Å². The molecule has 0 aliphatic carbocycles. The van der Waals surface area contributed by atoms with Crippen molar-refractivity contribution in [1.29, 1.82) is 0 Å². The molecule has 1 rings (SSSR count). The highest BCUT2D eigenvalue weighted by Gasteiger charge is 1.77. The summed E-state index contributed by atoms with van der Waals surface area (Å²) in [5.74, 6) is 13.4. The van der Waals surface area contributed by atoms with E-state index >= 15 is 0 Å². The number of rotatable bonds is 0. The molecule has 0 aliphatic rings. The fourth-order valence-electron chi connectivity index (χ4n) is 0.666. The Morgan fingerprint density at radius 1 is 0.812 bits per heavy atom. The van der Waals surface area contributed by atoms with Gasteiger partial charge in [-0.1, -0.05) is 24.1 Å². The Balaban J connectivity index is 0. The summed E-state index contributed by atoms with van der Waals surface area (Å²) in [7, 11) is 0. The maximum absolute atomic E-state index is 4.60. The molecule has 0 heterocycles. The van der Waals surface area contributed by atoms with Gasteiger partial charge in [0.1, 0.15) is 0 Å². The van der Waals surface area contributed by atoms with Gasteiger partial charge in [0, 0.05) is 5.56 Å². The van der Waals surface area contributed by atoms with Crippen LogP contribution in [0.1, 0.15) is 33.3 Å². The lowest BCUT2D eigenvalue weighted by molar-refractivity contribution is 1.64. The Kier molecular flexibility index (Phi) is 15.7. The van der Waals surface area contributed by atoms with Crippen LogP contribution < -0.4 is 0 Å². The molecule has 0 aromatic heterocycles. The highest BCUT2D eigenvalue weighted by Crippen LogP contribution is 1.93. The van der Waals surface area contributed by atoms with E-state index in [-0.39, 0.29) is 0 Å². The molecule has 0 radical (unpaired) electrons. The van der Waals surface area contributed by atoms with Crippen molar-refractivity contribution in [3.8, 4) is 36.0 Å². The average molecular weight is 210 g/mol. The number of terminal acetylenes is 1. The van der Waals surface area contributed by atoms with E-state index in [0.29, 0.717) is 0 Å². The lowest BCUT2D eigenvalue weighted by Gasteiger charge is -1.83. The third-order valence-corrected chi connectivity index (χ3v) is 1.29. The minimum atomic E-state index is 1.08. The van der Waals surface area contributed by atoms with Gasteiger partial charge in [0.15, 0.2) is 0 Å². The smallest absolute Gasteiger partial charge is 0.0245 e. The molecule has 82 valence electrons. The van der Waals surface area contributed by atoms with Crippen LogP contribution >= 0.6 is 0 Å². The Hall–Kier alpha value is -2.10. The Morgan fingerprint density at radius 3 is 1.56 bits per heavy atom. The van der Waals surface area contributed by atoms with E-state index in [2.05, 4.69) is 36.0 Å². The summed E-state index contributed by atoms with van der Waals surface area (Å²) in [5.41, 5.74) is 1.08. The van der Waals surface area contributed by atoms with Crippen molar-refractivity contribution < 1.29 is 0 Å². The largest absolute Gasteiger partial charge is 0.120 e. The lowest BCUT2D eigenvalue weighted by atomic mass is 10.2. The number of hydrogen-bond acceptors (Lipinski definition) is 0. The summed E-state index contributed by atoms with van der Waals surface area (Å²) in [6, 6.07) is 9.95. The summed E-state index contributed by atoms with van der Waals surface area (Å²) in [4.78, 5) is 0. The summed E-state index contributed by atoms with van der Waals surface area (Å²) in [6.07, 6.45) is 4.60. The van der Waals surface area contributed by atoms with Crippen molar-refractivity contribution in [2.75, 3.05) is 0 Å². The molecule has 1 aromatic rings. The second-order valence-electron chi connectivity index (χ2n) is 2.53. The zero-order valence-electron chi connectivity index (χ0n) is 10.5. The third-order valence-electron chi connectivity index (χ3n) is 1.29. The van der Waals surface area contributed by atoms with Crippen LogP contribution in [0.3, 0.4) is 0 Å².